The Morgan fingerprint density at radius 1 is 1.13 bits per heavy atom. The van der Waals surface area contributed by atoms with Gasteiger partial charge in [-0.15, -0.1) is 0 Å². The molecule has 3 aliphatic rings. The van der Waals surface area contributed by atoms with E-state index in [0.29, 0.717) is 19.4 Å². The van der Waals surface area contributed by atoms with Crippen LogP contribution >= 0.6 is 0 Å². The normalized spacial score (nSPS) is 25.2. The molecule has 0 aromatic rings. The summed E-state index contributed by atoms with van der Waals surface area (Å²) >= 11 is 0. The minimum absolute atomic E-state index is 0.0250. The van der Waals surface area contributed by atoms with E-state index in [1.54, 1.807) is 0 Å². The number of hydrogen-bond acceptors (Lipinski definition) is 3. The molecule has 128 valence electrons. The molecule has 1 saturated heterocycles. The van der Waals surface area contributed by atoms with Crippen molar-refractivity contribution in [2.24, 2.45) is 0 Å². The van der Waals surface area contributed by atoms with E-state index < -0.39 is 5.54 Å². The van der Waals surface area contributed by atoms with Gasteiger partial charge in [0.2, 0.25) is 5.91 Å². The Bertz CT molecular complexity index is 505. The van der Waals surface area contributed by atoms with Gasteiger partial charge in [-0.3, -0.25) is 14.5 Å². The Morgan fingerprint density at radius 2 is 1.74 bits per heavy atom. The minimum Gasteiger partial charge on any atom is -0.351 e. The average Bonchev–Trinajstić information content (AvgIpc) is 3.17. The van der Waals surface area contributed by atoms with Gasteiger partial charge in [0.15, 0.2) is 0 Å². The monoisotopic (exact) mass is 321 g/mol. The first kappa shape index (κ1) is 16.3. The molecule has 2 saturated carbocycles. The van der Waals surface area contributed by atoms with Crippen LogP contribution in [0, 0.1) is 0 Å². The molecule has 3 rings (SSSR count). The number of nitrogens with zero attached hydrogens (tertiary/aromatic N) is 1. The fourth-order valence-electron chi connectivity index (χ4n) is 4.27. The van der Waals surface area contributed by atoms with Crippen molar-refractivity contribution in [2.75, 3.05) is 6.54 Å². The molecule has 0 radical (unpaired) electrons. The molecule has 3 fully saturated rings. The van der Waals surface area contributed by atoms with Gasteiger partial charge in [0.05, 0.1) is 0 Å². The summed E-state index contributed by atoms with van der Waals surface area (Å²) in [5.41, 5.74) is -0.706. The largest absolute Gasteiger partial charge is 0.351 e. The molecule has 2 aliphatic carbocycles. The van der Waals surface area contributed by atoms with Crippen molar-refractivity contribution in [1.29, 1.82) is 0 Å². The number of imide groups is 1. The second-order valence-corrected chi connectivity index (χ2v) is 7.60. The zero-order chi connectivity index (χ0) is 16.5. The third-order valence-corrected chi connectivity index (χ3v) is 5.64. The number of hydrogen-bond donors (Lipinski definition) is 2. The van der Waals surface area contributed by atoms with E-state index in [0.717, 1.165) is 38.5 Å². The van der Waals surface area contributed by atoms with E-state index >= 15 is 0 Å². The van der Waals surface area contributed by atoms with Gasteiger partial charge >= 0.3 is 6.03 Å². The van der Waals surface area contributed by atoms with E-state index in [1.807, 2.05) is 0 Å². The third-order valence-electron chi connectivity index (χ3n) is 5.64. The van der Waals surface area contributed by atoms with Crippen molar-refractivity contribution in [3.63, 3.8) is 0 Å². The molecule has 1 aliphatic heterocycles. The number of nitrogens with one attached hydrogen (secondary N) is 2. The SMILES string of the molecule is CC1(NC(=O)CCCN2C(=O)NC3(CCCC3)C2=O)CCCC1. The van der Waals surface area contributed by atoms with Gasteiger partial charge in [-0.2, -0.15) is 0 Å². The van der Waals surface area contributed by atoms with E-state index in [4.69, 9.17) is 0 Å². The van der Waals surface area contributed by atoms with E-state index in [1.165, 1.54) is 17.7 Å². The average molecular weight is 321 g/mol. The highest BCUT2D eigenvalue weighted by atomic mass is 16.2. The van der Waals surface area contributed by atoms with E-state index in [-0.39, 0.29) is 23.4 Å². The molecule has 0 unspecified atom stereocenters. The Labute approximate surface area is 137 Å². The molecular formula is C17H27N3O3. The van der Waals surface area contributed by atoms with Crippen LogP contribution in [0.5, 0.6) is 0 Å². The molecule has 4 amide bonds. The van der Waals surface area contributed by atoms with Gasteiger partial charge in [-0.25, -0.2) is 4.79 Å². The fourth-order valence-corrected chi connectivity index (χ4v) is 4.27. The second-order valence-electron chi connectivity index (χ2n) is 7.60. The quantitative estimate of drug-likeness (QED) is 0.761. The van der Waals surface area contributed by atoms with Crippen LogP contribution in [0.3, 0.4) is 0 Å². The lowest BCUT2D eigenvalue weighted by atomic mass is 9.98. The molecule has 0 bridgehead atoms. The van der Waals surface area contributed by atoms with Crippen LogP contribution in [-0.4, -0.2) is 40.4 Å². The molecule has 1 spiro atoms. The molecule has 0 aromatic heterocycles. The number of carbonyl (C=O) groups is 3. The topological polar surface area (TPSA) is 78.5 Å². The lowest BCUT2D eigenvalue weighted by Gasteiger charge is -2.25. The first-order valence-corrected chi connectivity index (χ1v) is 8.89. The molecule has 0 atom stereocenters. The molecule has 6 nitrogen and oxygen atoms in total. The smallest absolute Gasteiger partial charge is 0.325 e. The Morgan fingerprint density at radius 3 is 2.39 bits per heavy atom. The van der Waals surface area contributed by atoms with Gasteiger partial charge < -0.3 is 10.6 Å². The predicted molar refractivity (Wildman–Crippen MR) is 85.7 cm³/mol. The Balaban J connectivity index is 1.46. The summed E-state index contributed by atoms with van der Waals surface area (Å²) in [4.78, 5) is 37.9. The van der Waals surface area contributed by atoms with Crippen LogP contribution in [0.4, 0.5) is 4.79 Å². The lowest BCUT2D eigenvalue weighted by Crippen LogP contribution is -2.44. The highest BCUT2D eigenvalue weighted by molar-refractivity contribution is 6.07. The van der Waals surface area contributed by atoms with Crippen molar-refractivity contribution in [2.45, 2.75) is 82.2 Å². The summed E-state index contributed by atoms with van der Waals surface area (Å²) in [7, 11) is 0. The van der Waals surface area contributed by atoms with E-state index in [9.17, 15) is 14.4 Å². The van der Waals surface area contributed by atoms with Gasteiger partial charge in [0, 0.05) is 18.5 Å². The van der Waals surface area contributed by atoms with Gasteiger partial charge in [0.1, 0.15) is 5.54 Å². The summed E-state index contributed by atoms with van der Waals surface area (Å²) in [5, 5.41) is 5.98. The fraction of sp³-hybridized carbons (Fsp3) is 0.824. The summed E-state index contributed by atoms with van der Waals surface area (Å²) in [6, 6.07) is -0.292. The molecule has 23 heavy (non-hydrogen) atoms. The summed E-state index contributed by atoms with van der Waals surface area (Å²) in [5.74, 6) is -0.0693. The van der Waals surface area contributed by atoms with E-state index in [2.05, 4.69) is 17.6 Å². The van der Waals surface area contributed by atoms with Crippen LogP contribution < -0.4 is 10.6 Å². The van der Waals surface area contributed by atoms with Gasteiger partial charge in [-0.1, -0.05) is 25.7 Å². The maximum absolute atomic E-state index is 12.5. The first-order valence-electron chi connectivity index (χ1n) is 8.89. The molecule has 6 heteroatoms. The van der Waals surface area contributed by atoms with Crippen LogP contribution in [0.2, 0.25) is 0 Å². The van der Waals surface area contributed by atoms with Crippen LogP contribution in [0.25, 0.3) is 0 Å². The van der Waals surface area contributed by atoms with Crippen molar-refractivity contribution in [3.05, 3.63) is 0 Å². The van der Waals surface area contributed by atoms with Crippen molar-refractivity contribution in [3.8, 4) is 0 Å². The molecule has 2 N–H and O–H groups in total. The number of rotatable bonds is 5. The van der Waals surface area contributed by atoms with Crippen LogP contribution in [-0.2, 0) is 9.59 Å². The number of carbonyl (C=O) groups excluding carboxylic acids is 3. The van der Waals surface area contributed by atoms with Crippen LogP contribution in [0.15, 0.2) is 0 Å². The molecular weight excluding hydrogens is 294 g/mol. The first-order chi connectivity index (χ1) is 10.9. The van der Waals surface area contributed by atoms with Crippen molar-refractivity contribution < 1.29 is 14.4 Å². The number of amides is 4. The van der Waals surface area contributed by atoms with Gasteiger partial charge in [0.25, 0.3) is 5.91 Å². The minimum atomic E-state index is -0.642. The Hall–Kier alpha value is -1.59. The highest BCUT2D eigenvalue weighted by Crippen LogP contribution is 2.35. The predicted octanol–water partition coefficient (Wildman–Crippen LogP) is 2.08. The van der Waals surface area contributed by atoms with Gasteiger partial charge in [-0.05, 0) is 39.0 Å². The number of urea groups is 1. The van der Waals surface area contributed by atoms with Crippen molar-refractivity contribution >= 4 is 17.8 Å². The zero-order valence-corrected chi connectivity index (χ0v) is 14.0. The summed E-state index contributed by atoms with van der Waals surface area (Å²) in [6.07, 6.45) is 8.75. The lowest BCUT2D eigenvalue weighted by molar-refractivity contribution is -0.131. The highest BCUT2D eigenvalue weighted by Gasteiger charge is 2.52. The summed E-state index contributed by atoms with van der Waals surface area (Å²) < 4.78 is 0. The summed E-state index contributed by atoms with van der Waals surface area (Å²) in [6.45, 7) is 2.43. The molecule has 0 aromatic carbocycles. The van der Waals surface area contributed by atoms with Crippen LogP contribution in [0.1, 0.15) is 71.1 Å². The third kappa shape index (κ3) is 3.21. The molecule has 1 heterocycles. The maximum Gasteiger partial charge on any atom is 0.325 e. The second kappa shape index (κ2) is 6.13. The Kier molecular flexibility index (Phi) is 4.34. The van der Waals surface area contributed by atoms with Crippen molar-refractivity contribution in [1.82, 2.24) is 15.5 Å². The standard InChI is InChI=1S/C17H27N3O3/c1-16(8-2-3-9-16)18-13(21)7-6-12-20-14(22)17(19-15(20)23)10-4-5-11-17/h2-12H2,1H3,(H,18,21)(H,19,23). The zero-order valence-electron chi connectivity index (χ0n) is 14.0. The maximum atomic E-state index is 12.5.